The first-order valence-corrected chi connectivity index (χ1v) is 9.55. The van der Waals surface area contributed by atoms with E-state index >= 15 is 0 Å². The van der Waals surface area contributed by atoms with E-state index in [4.69, 9.17) is 0 Å². The second kappa shape index (κ2) is 8.89. The van der Waals surface area contributed by atoms with Gasteiger partial charge in [0, 0.05) is 32.7 Å². The number of nitrogens with zero attached hydrogens (tertiary/aromatic N) is 2. The van der Waals surface area contributed by atoms with Crippen molar-refractivity contribution in [2.24, 2.45) is 10.9 Å². The molecule has 24 heavy (non-hydrogen) atoms. The summed E-state index contributed by atoms with van der Waals surface area (Å²) in [4.78, 5) is 4.09. The van der Waals surface area contributed by atoms with Crippen molar-refractivity contribution in [3.8, 4) is 0 Å². The van der Waals surface area contributed by atoms with Crippen molar-refractivity contribution in [3.63, 3.8) is 0 Å². The summed E-state index contributed by atoms with van der Waals surface area (Å²) >= 11 is 0. The molecule has 0 aromatic carbocycles. The lowest BCUT2D eigenvalue weighted by Gasteiger charge is -2.32. The van der Waals surface area contributed by atoms with Crippen molar-refractivity contribution in [1.29, 1.82) is 0 Å². The number of hydrogen-bond donors (Lipinski definition) is 2. The molecule has 0 aromatic rings. The van der Waals surface area contributed by atoms with Crippen LogP contribution in [0.3, 0.4) is 0 Å². The van der Waals surface area contributed by atoms with E-state index in [1.807, 2.05) is 0 Å². The van der Waals surface area contributed by atoms with Crippen LogP contribution in [-0.4, -0.2) is 56.9 Å². The van der Waals surface area contributed by atoms with Gasteiger partial charge in [-0.15, -0.1) is 0 Å². The predicted octanol–water partition coefficient (Wildman–Crippen LogP) is 1.90. The molecule has 0 unspecified atom stereocenters. The Labute approximate surface area is 141 Å². The number of halogens is 3. The molecule has 0 spiro atoms. The van der Waals surface area contributed by atoms with Crippen molar-refractivity contribution >= 4 is 16.0 Å². The van der Waals surface area contributed by atoms with E-state index in [-0.39, 0.29) is 19.1 Å². The zero-order valence-corrected chi connectivity index (χ0v) is 15.2. The Bertz CT molecular complexity index is 513. The molecular weight excluding hydrogens is 345 g/mol. The quantitative estimate of drug-likeness (QED) is 0.424. The van der Waals surface area contributed by atoms with Gasteiger partial charge in [-0.2, -0.15) is 17.5 Å². The molecule has 0 aromatic heterocycles. The highest BCUT2D eigenvalue weighted by molar-refractivity contribution is 7.90. The lowest BCUT2D eigenvalue weighted by molar-refractivity contribution is -0.0494. The maximum absolute atomic E-state index is 12.5. The average molecular weight is 372 g/mol. The van der Waals surface area contributed by atoms with Gasteiger partial charge in [0.05, 0.1) is 0 Å². The van der Waals surface area contributed by atoms with Crippen molar-refractivity contribution in [2.45, 2.75) is 51.1 Å². The summed E-state index contributed by atoms with van der Waals surface area (Å²) in [5.74, 6) is 1.22. The molecule has 0 bridgehead atoms. The van der Waals surface area contributed by atoms with Crippen molar-refractivity contribution < 1.29 is 21.6 Å². The lowest BCUT2D eigenvalue weighted by Crippen LogP contribution is -2.51. The Hall–Kier alpha value is -1.03. The SMILES string of the molecule is CN=C(NCCCC(C)C)NC1CCN(S(=O)(=O)C(F)(F)F)CC1. The molecular formula is C14H27F3N4O2S. The summed E-state index contributed by atoms with van der Waals surface area (Å²) in [6, 6.07) is -0.0963. The second-order valence-corrected chi connectivity index (χ2v) is 8.23. The fraction of sp³-hybridized carbons (Fsp3) is 0.929. The molecule has 6 nitrogen and oxygen atoms in total. The number of hydrogen-bond acceptors (Lipinski definition) is 3. The third kappa shape index (κ3) is 6.12. The number of aliphatic imine (C=N–C) groups is 1. The topological polar surface area (TPSA) is 73.8 Å². The largest absolute Gasteiger partial charge is 0.511 e. The van der Waals surface area contributed by atoms with Gasteiger partial charge in [0.1, 0.15) is 0 Å². The van der Waals surface area contributed by atoms with Crippen LogP contribution < -0.4 is 10.6 Å². The fourth-order valence-electron chi connectivity index (χ4n) is 2.49. The van der Waals surface area contributed by atoms with Crippen LogP contribution in [0.25, 0.3) is 0 Å². The van der Waals surface area contributed by atoms with Crippen LogP contribution in [0.4, 0.5) is 13.2 Å². The van der Waals surface area contributed by atoms with Gasteiger partial charge in [0.25, 0.3) is 0 Å². The highest BCUT2D eigenvalue weighted by atomic mass is 32.2. The summed E-state index contributed by atoms with van der Waals surface area (Å²) in [7, 11) is -3.60. The third-order valence-electron chi connectivity index (χ3n) is 3.90. The van der Waals surface area contributed by atoms with E-state index in [2.05, 4.69) is 29.5 Å². The Kier molecular flexibility index (Phi) is 7.78. The van der Waals surface area contributed by atoms with Crippen LogP contribution in [0.1, 0.15) is 39.5 Å². The van der Waals surface area contributed by atoms with Crippen LogP contribution in [0, 0.1) is 5.92 Å². The summed E-state index contributed by atoms with van der Waals surface area (Å²) in [6.07, 6.45) is 2.71. The van der Waals surface area contributed by atoms with Crippen molar-refractivity contribution in [1.82, 2.24) is 14.9 Å². The smallest absolute Gasteiger partial charge is 0.356 e. The van der Waals surface area contributed by atoms with E-state index in [1.54, 1.807) is 7.05 Å². The molecule has 1 aliphatic heterocycles. The Morgan fingerprint density at radius 3 is 2.33 bits per heavy atom. The van der Waals surface area contributed by atoms with Gasteiger partial charge >= 0.3 is 15.5 Å². The molecule has 0 saturated carbocycles. The minimum atomic E-state index is -5.23. The van der Waals surface area contributed by atoms with Gasteiger partial charge in [-0.05, 0) is 31.6 Å². The lowest BCUT2D eigenvalue weighted by atomic mass is 10.1. The van der Waals surface area contributed by atoms with Crippen molar-refractivity contribution in [2.75, 3.05) is 26.7 Å². The first-order chi connectivity index (χ1) is 11.1. The number of nitrogens with one attached hydrogen (secondary N) is 2. The van der Waals surface area contributed by atoms with E-state index in [1.165, 1.54) is 0 Å². The molecule has 0 atom stereocenters. The van der Waals surface area contributed by atoms with Gasteiger partial charge < -0.3 is 10.6 Å². The number of alkyl halides is 3. The minimum absolute atomic E-state index is 0.0963. The second-order valence-electron chi connectivity index (χ2n) is 6.30. The first-order valence-electron chi connectivity index (χ1n) is 8.11. The highest BCUT2D eigenvalue weighted by Gasteiger charge is 2.50. The minimum Gasteiger partial charge on any atom is -0.356 e. The fourth-order valence-corrected chi connectivity index (χ4v) is 3.48. The third-order valence-corrected chi connectivity index (χ3v) is 5.53. The number of piperidine rings is 1. The van der Waals surface area contributed by atoms with Gasteiger partial charge in [0.15, 0.2) is 5.96 Å². The molecule has 2 N–H and O–H groups in total. The number of rotatable bonds is 6. The molecule has 142 valence electrons. The molecule has 1 fully saturated rings. The Morgan fingerprint density at radius 2 is 1.88 bits per heavy atom. The molecule has 10 heteroatoms. The van der Waals surface area contributed by atoms with E-state index in [9.17, 15) is 21.6 Å². The average Bonchev–Trinajstić information content (AvgIpc) is 2.49. The van der Waals surface area contributed by atoms with Gasteiger partial charge in [-0.1, -0.05) is 13.8 Å². The zero-order chi connectivity index (χ0) is 18.4. The molecule has 1 saturated heterocycles. The molecule has 0 amide bonds. The molecule has 1 heterocycles. The molecule has 1 rings (SSSR count). The predicted molar refractivity (Wildman–Crippen MR) is 88.1 cm³/mol. The molecule has 0 radical (unpaired) electrons. The summed E-state index contributed by atoms with van der Waals surface area (Å²) in [5, 5.41) is 6.31. The Balaban J connectivity index is 2.42. The monoisotopic (exact) mass is 372 g/mol. The van der Waals surface area contributed by atoms with Crippen molar-refractivity contribution in [3.05, 3.63) is 0 Å². The number of guanidine groups is 1. The summed E-state index contributed by atoms with van der Waals surface area (Å²) in [6.45, 7) is 4.76. The van der Waals surface area contributed by atoms with Gasteiger partial charge in [-0.25, -0.2) is 8.42 Å². The van der Waals surface area contributed by atoms with Gasteiger partial charge in [0.2, 0.25) is 0 Å². The van der Waals surface area contributed by atoms with Crippen LogP contribution in [-0.2, 0) is 10.0 Å². The maximum atomic E-state index is 12.5. The summed E-state index contributed by atoms with van der Waals surface area (Å²) < 4.78 is 60.8. The molecule has 0 aliphatic carbocycles. The number of sulfonamides is 1. The van der Waals surface area contributed by atoms with Gasteiger partial charge in [-0.3, -0.25) is 4.99 Å². The highest BCUT2D eigenvalue weighted by Crippen LogP contribution is 2.28. The normalized spacial score (nSPS) is 18.9. The Morgan fingerprint density at radius 1 is 1.29 bits per heavy atom. The maximum Gasteiger partial charge on any atom is 0.511 e. The summed E-state index contributed by atoms with van der Waals surface area (Å²) in [5.41, 5.74) is -5.23. The van der Waals surface area contributed by atoms with Crippen LogP contribution >= 0.6 is 0 Å². The first kappa shape index (κ1) is 21.0. The van der Waals surface area contributed by atoms with Crippen LogP contribution in [0.15, 0.2) is 4.99 Å². The molecule has 1 aliphatic rings. The zero-order valence-electron chi connectivity index (χ0n) is 14.4. The van der Waals surface area contributed by atoms with Crippen LogP contribution in [0.2, 0.25) is 0 Å². The van der Waals surface area contributed by atoms with E-state index < -0.39 is 15.5 Å². The standard InChI is InChI=1S/C14H27F3N4O2S/c1-11(2)5-4-8-19-13(18-3)20-12-6-9-21(10-7-12)24(22,23)14(15,16)17/h11-12H,4-10H2,1-3H3,(H2,18,19,20). The van der Waals surface area contributed by atoms with Crippen LogP contribution in [0.5, 0.6) is 0 Å². The van der Waals surface area contributed by atoms with E-state index in [0.717, 1.165) is 19.4 Å². The van der Waals surface area contributed by atoms with E-state index in [0.29, 0.717) is 29.0 Å².